The number of rotatable bonds is 8. The SMILES string of the molecule is CCc1n[nH]c(=S)n1/N=C\c1ccc(OCCc2ccccc2)c(OC)c1. The molecule has 0 spiro atoms. The van der Waals surface area contributed by atoms with Gasteiger partial charge in [0, 0.05) is 12.8 Å². The molecule has 0 amide bonds. The standard InChI is InChI=1S/C20H22N4O2S/c1-3-19-22-23-20(27)24(19)21-14-16-9-10-17(18(13-16)25-2)26-12-11-15-7-5-4-6-8-15/h4-10,13-14H,3,11-12H2,1-2H3,(H,23,27)/b21-14-. The van der Waals surface area contributed by atoms with Crippen molar-refractivity contribution < 1.29 is 9.47 Å². The maximum atomic E-state index is 5.89. The number of nitrogens with zero attached hydrogens (tertiary/aromatic N) is 3. The van der Waals surface area contributed by atoms with E-state index in [9.17, 15) is 0 Å². The summed E-state index contributed by atoms with van der Waals surface area (Å²) in [4.78, 5) is 0. The minimum absolute atomic E-state index is 0.468. The van der Waals surface area contributed by atoms with E-state index in [2.05, 4.69) is 27.4 Å². The summed E-state index contributed by atoms with van der Waals surface area (Å²) in [7, 11) is 1.63. The van der Waals surface area contributed by atoms with Crippen LogP contribution in [0.25, 0.3) is 0 Å². The molecule has 0 aliphatic rings. The number of nitrogens with one attached hydrogen (secondary N) is 1. The summed E-state index contributed by atoms with van der Waals surface area (Å²) in [5.41, 5.74) is 2.12. The summed E-state index contributed by atoms with van der Waals surface area (Å²) >= 11 is 5.20. The molecule has 3 rings (SSSR count). The highest BCUT2D eigenvalue weighted by atomic mass is 32.1. The Morgan fingerprint density at radius 3 is 2.74 bits per heavy atom. The molecule has 1 heterocycles. The molecule has 27 heavy (non-hydrogen) atoms. The van der Waals surface area contributed by atoms with Crippen LogP contribution in [0.5, 0.6) is 11.5 Å². The molecule has 6 nitrogen and oxygen atoms in total. The second-order valence-electron chi connectivity index (χ2n) is 5.85. The van der Waals surface area contributed by atoms with Crippen molar-refractivity contribution in [2.75, 3.05) is 13.7 Å². The van der Waals surface area contributed by atoms with E-state index in [0.29, 0.717) is 22.9 Å². The lowest BCUT2D eigenvalue weighted by Gasteiger charge is -2.11. The molecule has 0 saturated carbocycles. The van der Waals surface area contributed by atoms with Crippen molar-refractivity contribution in [2.24, 2.45) is 5.10 Å². The predicted octanol–water partition coefficient (Wildman–Crippen LogP) is 4.02. The molecule has 0 bridgehead atoms. The van der Waals surface area contributed by atoms with E-state index in [0.717, 1.165) is 24.2 Å². The first-order valence-corrected chi connectivity index (χ1v) is 9.17. The fourth-order valence-electron chi connectivity index (χ4n) is 2.60. The third-order valence-electron chi connectivity index (χ3n) is 4.03. The Kier molecular flexibility index (Phi) is 6.38. The minimum Gasteiger partial charge on any atom is -0.493 e. The lowest BCUT2D eigenvalue weighted by molar-refractivity contribution is 0.297. The van der Waals surface area contributed by atoms with E-state index in [1.54, 1.807) is 18.0 Å². The van der Waals surface area contributed by atoms with Gasteiger partial charge >= 0.3 is 0 Å². The number of benzene rings is 2. The summed E-state index contributed by atoms with van der Waals surface area (Å²) < 4.78 is 13.4. The zero-order valence-electron chi connectivity index (χ0n) is 15.4. The van der Waals surface area contributed by atoms with E-state index >= 15 is 0 Å². The van der Waals surface area contributed by atoms with Crippen molar-refractivity contribution in [1.82, 2.24) is 14.9 Å². The molecule has 0 atom stereocenters. The van der Waals surface area contributed by atoms with Gasteiger partial charge in [0.15, 0.2) is 17.3 Å². The Morgan fingerprint density at radius 1 is 1.19 bits per heavy atom. The van der Waals surface area contributed by atoms with Crippen LogP contribution in [0.4, 0.5) is 0 Å². The van der Waals surface area contributed by atoms with Crippen LogP contribution in [-0.2, 0) is 12.8 Å². The Labute approximate surface area is 163 Å². The Bertz CT molecular complexity index is 964. The topological polar surface area (TPSA) is 64.4 Å². The number of aromatic nitrogens is 3. The van der Waals surface area contributed by atoms with Gasteiger partial charge in [-0.05, 0) is 41.5 Å². The largest absolute Gasteiger partial charge is 0.493 e. The molecule has 0 radical (unpaired) electrons. The molecule has 0 aliphatic heterocycles. The quantitative estimate of drug-likeness (QED) is 0.472. The number of methoxy groups -OCH3 is 1. The van der Waals surface area contributed by atoms with Crippen LogP contribution in [0.1, 0.15) is 23.9 Å². The first kappa shape index (κ1) is 18.8. The van der Waals surface area contributed by atoms with Crippen LogP contribution >= 0.6 is 12.2 Å². The average molecular weight is 382 g/mol. The lowest BCUT2D eigenvalue weighted by atomic mass is 10.2. The highest BCUT2D eigenvalue weighted by Gasteiger charge is 2.06. The number of H-pyrrole nitrogens is 1. The van der Waals surface area contributed by atoms with Crippen LogP contribution in [0.2, 0.25) is 0 Å². The molecule has 7 heteroatoms. The fraction of sp³-hybridized carbons (Fsp3) is 0.250. The molecule has 0 saturated heterocycles. The first-order valence-electron chi connectivity index (χ1n) is 8.76. The predicted molar refractivity (Wildman–Crippen MR) is 108 cm³/mol. The Hall–Kier alpha value is -2.93. The summed E-state index contributed by atoms with van der Waals surface area (Å²) in [6.45, 7) is 2.58. The van der Waals surface area contributed by atoms with Gasteiger partial charge < -0.3 is 9.47 Å². The van der Waals surface area contributed by atoms with Gasteiger partial charge in [0.25, 0.3) is 0 Å². The monoisotopic (exact) mass is 382 g/mol. The van der Waals surface area contributed by atoms with E-state index in [-0.39, 0.29) is 0 Å². The molecule has 1 aromatic heterocycles. The number of aromatic amines is 1. The van der Waals surface area contributed by atoms with Gasteiger partial charge in [0.1, 0.15) is 0 Å². The fourth-order valence-corrected chi connectivity index (χ4v) is 2.80. The number of hydrogen-bond acceptors (Lipinski definition) is 5. The van der Waals surface area contributed by atoms with Crippen molar-refractivity contribution in [3.8, 4) is 11.5 Å². The van der Waals surface area contributed by atoms with E-state index in [1.807, 2.05) is 43.3 Å². The van der Waals surface area contributed by atoms with Crippen LogP contribution in [0.3, 0.4) is 0 Å². The third-order valence-corrected chi connectivity index (χ3v) is 4.30. The minimum atomic E-state index is 0.468. The maximum absolute atomic E-state index is 5.89. The second-order valence-corrected chi connectivity index (χ2v) is 6.24. The molecular weight excluding hydrogens is 360 g/mol. The molecule has 1 N–H and O–H groups in total. The van der Waals surface area contributed by atoms with Crippen LogP contribution in [-0.4, -0.2) is 34.8 Å². The molecule has 0 aliphatic carbocycles. The number of hydrogen-bond donors (Lipinski definition) is 1. The van der Waals surface area contributed by atoms with Crippen LogP contribution in [0, 0.1) is 4.77 Å². The Morgan fingerprint density at radius 2 is 2.00 bits per heavy atom. The number of ether oxygens (including phenoxy) is 2. The van der Waals surface area contributed by atoms with E-state index in [4.69, 9.17) is 21.7 Å². The summed E-state index contributed by atoms with van der Waals surface area (Å²) in [5.74, 6) is 2.15. The lowest BCUT2D eigenvalue weighted by Crippen LogP contribution is -2.03. The third kappa shape index (κ3) is 4.83. The zero-order chi connectivity index (χ0) is 19.1. The van der Waals surface area contributed by atoms with Crippen LogP contribution < -0.4 is 9.47 Å². The van der Waals surface area contributed by atoms with Crippen molar-refractivity contribution in [2.45, 2.75) is 19.8 Å². The van der Waals surface area contributed by atoms with Gasteiger partial charge in [-0.1, -0.05) is 37.3 Å². The van der Waals surface area contributed by atoms with Gasteiger partial charge in [-0.2, -0.15) is 14.9 Å². The molecule has 3 aromatic rings. The normalized spacial score (nSPS) is 11.0. The van der Waals surface area contributed by atoms with Crippen molar-refractivity contribution >= 4 is 18.4 Å². The summed E-state index contributed by atoms with van der Waals surface area (Å²) in [6.07, 6.45) is 3.30. The molecular formula is C20H22N4O2S. The Balaban J connectivity index is 1.69. The van der Waals surface area contributed by atoms with E-state index in [1.165, 1.54) is 5.56 Å². The smallest absolute Gasteiger partial charge is 0.216 e. The van der Waals surface area contributed by atoms with Crippen molar-refractivity contribution in [3.05, 3.63) is 70.3 Å². The van der Waals surface area contributed by atoms with Crippen molar-refractivity contribution in [3.63, 3.8) is 0 Å². The van der Waals surface area contributed by atoms with E-state index < -0.39 is 0 Å². The number of aryl methyl sites for hydroxylation is 1. The molecule has 0 fully saturated rings. The highest BCUT2D eigenvalue weighted by molar-refractivity contribution is 7.71. The van der Waals surface area contributed by atoms with Gasteiger partial charge in [-0.15, -0.1) is 0 Å². The molecule has 0 unspecified atom stereocenters. The van der Waals surface area contributed by atoms with Crippen LogP contribution in [0.15, 0.2) is 53.6 Å². The average Bonchev–Trinajstić information content (AvgIpc) is 3.07. The van der Waals surface area contributed by atoms with Crippen molar-refractivity contribution in [1.29, 1.82) is 0 Å². The zero-order valence-corrected chi connectivity index (χ0v) is 16.2. The van der Waals surface area contributed by atoms with Gasteiger partial charge in [-0.3, -0.25) is 5.10 Å². The maximum Gasteiger partial charge on any atom is 0.216 e. The summed E-state index contributed by atoms with van der Waals surface area (Å²) in [5, 5.41) is 11.3. The first-order chi connectivity index (χ1) is 13.2. The van der Waals surface area contributed by atoms with Gasteiger partial charge in [0.2, 0.25) is 4.77 Å². The molecule has 140 valence electrons. The second kappa shape index (κ2) is 9.14. The highest BCUT2D eigenvalue weighted by Crippen LogP contribution is 2.27. The summed E-state index contributed by atoms with van der Waals surface area (Å²) in [6, 6.07) is 15.9. The van der Waals surface area contributed by atoms with Gasteiger partial charge in [0.05, 0.1) is 19.9 Å². The van der Waals surface area contributed by atoms with Gasteiger partial charge in [-0.25, -0.2) is 0 Å². The molecule has 2 aromatic carbocycles.